The third-order valence-corrected chi connectivity index (χ3v) is 5.47. The molecule has 0 N–H and O–H groups in total. The fraction of sp³-hybridized carbons (Fsp3) is 0.375. The van der Waals surface area contributed by atoms with Crippen molar-refractivity contribution in [2.24, 2.45) is 0 Å². The molecule has 0 atom stereocenters. The first-order chi connectivity index (χ1) is 11.6. The second-order valence-corrected chi connectivity index (χ2v) is 7.10. The van der Waals surface area contributed by atoms with Gasteiger partial charge in [0.15, 0.2) is 5.82 Å². The van der Waals surface area contributed by atoms with Crippen molar-refractivity contribution in [2.45, 2.75) is 11.3 Å². The molecule has 8 heteroatoms. The standard InChI is InChI=1S/C16H14ClF2N3OS/c17-10-8-11(18)9(7-12(10)19)15-20-13-1-6-24-14(13)16(21-15)22-2-4-23-5-3-22/h7-8H,1-6H2. The quantitative estimate of drug-likeness (QED) is 0.757. The summed E-state index contributed by atoms with van der Waals surface area (Å²) in [6.45, 7) is 2.70. The Kier molecular flexibility index (Phi) is 4.32. The molecule has 0 amide bonds. The van der Waals surface area contributed by atoms with E-state index in [0.717, 1.165) is 53.8 Å². The van der Waals surface area contributed by atoms with Crippen molar-refractivity contribution >= 4 is 29.2 Å². The summed E-state index contributed by atoms with van der Waals surface area (Å²) in [5.41, 5.74) is 0.923. The molecule has 1 fully saturated rings. The summed E-state index contributed by atoms with van der Waals surface area (Å²) >= 11 is 7.34. The van der Waals surface area contributed by atoms with Gasteiger partial charge in [0.1, 0.15) is 17.5 Å². The topological polar surface area (TPSA) is 38.2 Å². The number of aromatic nitrogens is 2. The van der Waals surface area contributed by atoms with Crippen LogP contribution in [0.2, 0.25) is 5.02 Å². The molecule has 2 aliphatic rings. The van der Waals surface area contributed by atoms with E-state index in [9.17, 15) is 8.78 Å². The van der Waals surface area contributed by atoms with Gasteiger partial charge in [0.25, 0.3) is 0 Å². The monoisotopic (exact) mass is 369 g/mol. The average molecular weight is 370 g/mol. The lowest BCUT2D eigenvalue weighted by Gasteiger charge is -2.29. The number of hydrogen-bond donors (Lipinski definition) is 0. The summed E-state index contributed by atoms with van der Waals surface area (Å²) in [6, 6.07) is 2.02. The first kappa shape index (κ1) is 16.1. The van der Waals surface area contributed by atoms with E-state index in [2.05, 4.69) is 14.9 Å². The summed E-state index contributed by atoms with van der Waals surface area (Å²) in [7, 11) is 0. The minimum Gasteiger partial charge on any atom is -0.378 e. The van der Waals surface area contributed by atoms with Gasteiger partial charge in [0.05, 0.1) is 34.4 Å². The molecule has 1 aromatic carbocycles. The molecule has 1 aromatic heterocycles. The van der Waals surface area contributed by atoms with Gasteiger partial charge in [-0.25, -0.2) is 18.7 Å². The fourth-order valence-electron chi connectivity index (χ4n) is 2.85. The number of aryl methyl sites for hydroxylation is 1. The van der Waals surface area contributed by atoms with Crippen LogP contribution in [0.4, 0.5) is 14.6 Å². The highest BCUT2D eigenvalue weighted by Crippen LogP contribution is 2.39. The number of anilines is 1. The van der Waals surface area contributed by atoms with Gasteiger partial charge in [0, 0.05) is 25.3 Å². The molecular formula is C16H14ClF2N3OS. The number of thioether (sulfide) groups is 1. The normalized spacial score (nSPS) is 17.2. The second-order valence-electron chi connectivity index (χ2n) is 5.59. The smallest absolute Gasteiger partial charge is 0.164 e. The third-order valence-electron chi connectivity index (χ3n) is 4.06. The van der Waals surface area contributed by atoms with Crippen LogP contribution in [0.5, 0.6) is 0 Å². The molecular weight excluding hydrogens is 356 g/mol. The molecule has 24 heavy (non-hydrogen) atoms. The summed E-state index contributed by atoms with van der Waals surface area (Å²) in [5.74, 6) is 0.600. The average Bonchev–Trinajstić information content (AvgIpc) is 3.06. The first-order valence-corrected chi connectivity index (χ1v) is 9.01. The lowest BCUT2D eigenvalue weighted by molar-refractivity contribution is 0.122. The van der Waals surface area contributed by atoms with Crippen molar-refractivity contribution in [1.29, 1.82) is 0 Å². The Hall–Kier alpha value is -1.44. The van der Waals surface area contributed by atoms with Crippen LogP contribution in [-0.2, 0) is 11.2 Å². The predicted octanol–water partition coefficient (Wildman–Crippen LogP) is 3.56. The van der Waals surface area contributed by atoms with Crippen molar-refractivity contribution in [3.63, 3.8) is 0 Å². The maximum absolute atomic E-state index is 14.3. The third kappa shape index (κ3) is 2.85. The number of halogens is 3. The Morgan fingerprint density at radius 2 is 1.92 bits per heavy atom. The zero-order chi connectivity index (χ0) is 16.7. The van der Waals surface area contributed by atoms with Crippen LogP contribution >= 0.6 is 23.4 Å². The van der Waals surface area contributed by atoms with Crippen LogP contribution in [0, 0.1) is 11.6 Å². The molecule has 1 saturated heterocycles. The number of nitrogens with zero attached hydrogens (tertiary/aromatic N) is 3. The molecule has 0 radical (unpaired) electrons. The van der Waals surface area contributed by atoms with Gasteiger partial charge >= 0.3 is 0 Å². The van der Waals surface area contributed by atoms with Crippen LogP contribution in [0.25, 0.3) is 11.4 Å². The van der Waals surface area contributed by atoms with E-state index in [0.29, 0.717) is 13.2 Å². The number of hydrogen-bond acceptors (Lipinski definition) is 5. The van der Waals surface area contributed by atoms with Crippen LogP contribution in [-0.4, -0.2) is 42.0 Å². The maximum Gasteiger partial charge on any atom is 0.164 e. The largest absolute Gasteiger partial charge is 0.378 e. The van der Waals surface area contributed by atoms with Gasteiger partial charge in [0.2, 0.25) is 0 Å². The van der Waals surface area contributed by atoms with Crippen LogP contribution in [0.1, 0.15) is 5.69 Å². The molecule has 126 valence electrons. The number of ether oxygens (including phenoxy) is 1. The number of morpholine rings is 1. The summed E-state index contributed by atoms with van der Waals surface area (Å²) < 4.78 is 33.4. The number of benzene rings is 1. The molecule has 4 nitrogen and oxygen atoms in total. The van der Waals surface area contributed by atoms with Gasteiger partial charge < -0.3 is 9.64 Å². The number of fused-ring (bicyclic) bond motifs is 1. The highest BCUT2D eigenvalue weighted by molar-refractivity contribution is 7.99. The van der Waals surface area contributed by atoms with E-state index in [1.807, 2.05) is 0 Å². The Morgan fingerprint density at radius 1 is 1.12 bits per heavy atom. The van der Waals surface area contributed by atoms with Crippen LogP contribution in [0.3, 0.4) is 0 Å². The molecule has 0 aliphatic carbocycles. The summed E-state index contributed by atoms with van der Waals surface area (Å²) in [4.78, 5) is 12.2. The second kappa shape index (κ2) is 6.46. The summed E-state index contributed by atoms with van der Waals surface area (Å²) in [5, 5.41) is -0.249. The van der Waals surface area contributed by atoms with E-state index < -0.39 is 11.6 Å². The molecule has 0 unspecified atom stereocenters. The Labute approximate surface area is 147 Å². The Morgan fingerprint density at radius 3 is 2.71 bits per heavy atom. The van der Waals surface area contributed by atoms with Crippen molar-refractivity contribution in [3.05, 3.63) is 34.5 Å². The van der Waals surface area contributed by atoms with Crippen molar-refractivity contribution in [3.8, 4) is 11.4 Å². The molecule has 4 rings (SSSR count). The zero-order valence-corrected chi connectivity index (χ0v) is 14.3. The van der Waals surface area contributed by atoms with Gasteiger partial charge in [-0.1, -0.05) is 11.6 Å². The van der Waals surface area contributed by atoms with Gasteiger partial charge in [-0.05, 0) is 12.1 Å². The van der Waals surface area contributed by atoms with Crippen molar-refractivity contribution in [1.82, 2.24) is 9.97 Å². The SMILES string of the molecule is Fc1cc(-c2nc3c(c(N4CCOCC4)n2)SCC3)c(F)cc1Cl. The zero-order valence-electron chi connectivity index (χ0n) is 12.7. The molecule has 0 spiro atoms. The minimum atomic E-state index is -0.681. The number of rotatable bonds is 2. The molecule has 2 aliphatic heterocycles. The molecule has 0 saturated carbocycles. The van der Waals surface area contributed by atoms with Crippen molar-refractivity contribution in [2.75, 3.05) is 37.0 Å². The van der Waals surface area contributed by atoms with E-state index in [-0.39, 0.29) is 16.4 Å². The first-order valence-electron chi connectivity index (χ1n) is 7.65. The van der Waals surface area contributed by atoms with E-state index in [4.69, 9.17) is 16.3 Å². The van der Waals surface area contributed by atoms with Gasteiger partial charge in [-0.2, -0.15) is 0 Å². The van der Waals surface area contributed by atoms with E-state index in [1.54, 1.807) is 11.8 Å². The predicted molar refractivity (Wildman–Crippen MR) is 89.9 cm³/mol. The Balaban J connectivity index is 1.84. The van der Waals surface area contributed by atoms with Gasteiger partial charge in [-0.15, -0.1) is 11.8 Å². The van der Waals surface area contributed by atoms with Crippen molar-refractivity contribution < 1.29 is 13.5 Å². The molecule has 3 heterocycles. The Bertz CT molecular complexity index is 799. The van der Waals surface area contributed by atoms with E-state index >= 15 is 0 Å². The lowest BCUT2D eigenvalue weighted by atomic mass is 10.1. The fourth-order valence-corrected chi connectivity index (χ4v) is 4.12. The van der Waals surface area contributed by atoms with Gasteiger partial charge in [-0.3, -0.25) is 0 Å². The van der Waals surface area contributed by atoms with Crippen LogP contribution in [0.15, 0.2) is 17.0 Å². The van der Waals surface area contributed by atoms with Crippen LogP contribution < -0.4 is 4.90 Å². The molecule has 2 aromatic rings. The maximum atomic E-state index is 14.3. The minimum absolute atomic E-state index is 0.0334. The molecule has 0 bridgehead atoms. The lowest BCUT2D eigenvalue weighted by Crippen LogP contribution is -2.37. The summed E-state index contributed by atoms with van der Waals surface area (Å²) in [6.07, 6.45) is 0.796. The van der Waals surface area contributed by atoms with E-state index in [1.165, 1.54) is 0 Å². The highest BCUT2D eigenvalue weighted by atomic mass is 35.5. The highest BCUT2D eigenvalue weighted by Gasteiger charge is 2.26.